The highest BCUT2D eigenvalue weighted by molar-refractivity contribution is 7.07. The van der Waals surface area contributed by atoms with E-state index in [0.717, 1.165) is 25.3 Å². The molecule has 0 spiro atoms. The van der Waals surface area contributed by atoms with Crippen molar-refractivity contribution in [3.05, 3.63) is 356 Å². The number of aromatic nitrogens is 17. The Labute approximate surface area is 473 Å². The standard InChI is InChI=1S/C5H5NO.2C5H4O2.C5H4OS.C4H4N2O2.2C4H4N2O.2C4H3NO2.2C3H3N3O.C3H2N2O2/c7-5-3-1-2-4-6-5;6-5-1-3-7-4-2-5;2*6-5-3-1-2-4-7-5;7-3-1-2-5-4(8)6-3;7-4-1-2-5-3-6-4;7-4-2-1-3-5-6-4;6-4-1-2-5-3-7-4;6-4-5-2-1-3-7-4;7-3-5-1-4-2-6-3;7-3-1-5-6-2-4-3;6-3-5-1-4-2-7-3/h1-4H,(H,6,7);3*1-4H;1-2H,(H2,5,6,7,8);1-3H,(H,5,6,7);1-3H,(H,6,7);2*1-3H;1-2H,(H,4,5,6,7);1-2H,(H,4,6,7);1-2H. The molecule has 0 amide bonds. The molecule has 0 saturated carbocycles. The molecule has 12 rings (SSSR count). The van der Waals surface area contributed by atoms with Crippen molar-refractivity contribution in [1.82, 2.24) is 85.2 Å². The first-order valence-corrected chi connectivity index (χ1v) is 23.2. The fourth-order valence-corrected chi connectivity index (χ4v) is 4.04. The van der Waals surface area contributed by atoms with E-state index < -0.39 is 17.2 Å². The second kappa shape index (κ2) is 48.0. The van der Waals surface area contributed by atoms with Crippen LogP contribution in [0.2, 0.25) is 0 Å². The van der Waals surface area contributed by atoms with Crippen LogP contribution < -0.4 is 72.1 Å². The average molecular weight is 1190 g/mol. The summed E-state index contributed by atoms with van der Waals surface area (Å²) in [7, 11) is 0. The molecule has 85 heavy (non-hydrogen) atoms. The van der Waals surface area contributed by atoms with E-state index in [1.54, 1.807) is 60.1 Å². The van der Waals surface area contributed by atoms with Crippen LogP contribution in [0.15, 0.2) is 306 Å². The van der Waals surface area contributed by atoms with Gasteiger partial charge in [-0.2, -0.15) is 25.1 Å². The molecule has 0 aliphatic heterocycles. The van der Waals surface area contributed by atoms with E-state index in [2.05, 4.69) is 102 Å². The van der Waals surface area contributed by atoms with Gasteiger partial charge in [0.05, 0.1) is 37.7 Å². The fraction of sp³-hybridized carbons (Fsp3) is 0. The maximum Gasteiger partial charge on any atom is 0.441 e. The first-order chi connectivity index (χ1) is 41.1. The van der Waals surface area contributed by atoms with Gasteiger partial charge in [-0.15, -0.1) is 16.4 Å². The van der Waals surface area contributed by atoms with Crippen LogP contribution in [-0.4, -0.2) is 85.2 Å². The van der Waals surface area contributed by atoms with Crippen LogP contribution in [0.25, 0.3) is 0 Å². The summed E-state index contributed by atoms with van der Waals surface area (Å²) in [5.74, 6) is -1.17. The molecule has 0 atom stereocenters. The molecule has 35 nitrogen and oxygen atoms in total. The number of pyridine rings is 1. The van der Waals surface area contributed by atoms with Crippen molar-refractivity contribution in [2.45, 2.75) is 0 Å². The van der Waals surface area contributed by atoms with Crippen LogP contribution in [0.3, 0.4) is 0 Å². The van der Waals surface area contributed by atoms with Crippen molar-refractivity contribution in [3.63, 3.8) is 0 Å². The number of hydrogen-bond donors (Lipinski definition) is 7. The van der Waals surface area contributed by atoms with Gasteiger partial charge in [-0.3, -0.25) is 43.5 Å². The van der Waals surface area contributed by atoms with Crippen LogP contribution >= 0.6 is 11.3 Å². The minimum Gasteiger partial charge on any atom is -0.472 e. The summed E-state index contributed by atoms with van der Waals surface area (Å²) in [6.07, 6.45) is 23.4. The Morgan fingerprint density at radius 2 is 1.09 bits per heavy atom. The molecule has 438 valence electrons. The Hall–Kier alpha value is -13.2. The van der Waals surface area contributed by atoms with Crippen molar-refractivity contribution in [2.24, 2.45) is 0 Å². The van der Waals surface area contributed by atoms with Gasteiger partial charge >= 0.3 is 34.1 Å². The molecule has 0 radical (unpaired) electrons. The monoisotopic (exact) mass is 1190 g/mol. The molecule has 0 aliphatic carbocycles. The molecule has 12 heterocycles. The third-order valence-corrected chi connectivity index (χ3v) is 7.53. The van der Waals surface area contributed by atoms with E-state index in [-0.39, 0.29) is 54.9 Å². The zero-order valence-electron chi connectivity index (χ0n) is 43.0. The Morgan fingerprint density at radius 3 is 1.39 bits per heavy atom. The Morgan fingerprint density at radius 1 is 0.412 bits per heavy atom. The van der Waals surface area contributed by atoms with Crippen LogP contribution in [-0.2, 0) is 0 Å². The molecular formula is C49H43N17O18S. The zero-order chi connectivity index (χ0) is 62.2. The smallest absolute Gasteiger partial charge is 0.441 e. The molecule has 0 fully saturated rings. The fourth-order valence-electron chi connectivity index (χ4n) is 3.58. The van der Waals surface area contributed by atoms with Crippen molar-refractivity contribution in [2.75, 3.05) is 0 Å². The van der Waals surface area contributed by atoms with E-state index in [9.17, 15) is 62.3 Å². The van der Waals surface area contributed by atoms with Crippen LogP contribution in [0, 0.1) is 0 Å². The molecule has 0 aliphatic rings. The van der Waals surface area contributed by atoms with E-state index in [4.69, 9.17) is 0 Å². The first kappa shape index (κ1) is 69.9. The molecule has 12 aromatic heterocycles. The lowest BCUT2D eigenvalue weighted by Gasteiger charge is -1.75. The summed E-state index contributed by atoms with van der Waals surface area (Å²) in [6, 6.07) is 25.8. The summed E-state index contributed by atoms with van der Waals surface area (Å²) >= 11 is 1.21. The molecule has 0 saturated heterocycles. The van der Waals surface area contributed by atoms with Crippen molar-refractivity contribution >= 4 is 11.3 Å². The molecule has 0 unspecified atom stereocenters. The van der Waals surface area contributed by atoms with Gasteiger partial charge in [0.2, 0.25) is 10.3 Å². The van der Waals surface area contributed by atoms with Gasteiger partial charge in [-0.25, -0.2) is 53.8 Å². The van der Waals surface area contributed by atoms with Crippen LogP contribution in [0.1, 0.15) is 0 Å². The summed E-state index contributed by atoms with van der Waals surface area (Å²) in [6.45, 7) is 0. The second-order valence-electron chi connectivity index (χ2n) is 13.0. The minimum absolute atomic E-state index is 0.0220. The maximum atomic E-state index is 10.3. The molecule has 0 aromatic carbocycles. The highest BCUT2D eigenvalue weighted by atomic mass is 32.1. The Bertz CT molecular complexity index is 3320. The summed E-state index contributed by atoms with van der Waals surface area (Å²) in [5, 5.41) is 14.1. The summed E-state index contributed by atoms with van der Waals surface area (Å²) in [4.78, 5) is 169. The first-order valence-electron chi connectivity index (χ1n) is 22.4. The van der Waals surface area contributed by atoms with Gasteiger partial charge in [0.1, 0.15) is 25.2 Å². The highest BCUT2D eigenvalue weighted by Gasteiger charge is 1.80. The van der Waals surface area contributed by atoms with Gasteiger partial charge in [0.15, 0.2) is 18.2 Å². The zero-order valence-corrected chi connectivity index (χ0v) is 43.8. The van der Waals surface area contributed by atoms with Gasteiger partial charge in [-0.05, 0) is 35.7 Å². The molecule has 7 N–H and O–H groups in total. The third-order valence-electron chi connectivity index (χ3n) is 6.87. The van der Waals surface area contributed by atoms with Gasteiger partial charge < -0.3 is 42.0 Å². The number of aromatic amines is 7. The largest absolute Gasteiger partial charge is 0.472 e. The van der Waals surface area contributed by atoms with Gasteiger partial charge in [-0.1, -0.05) is 24.3 Å². The maximum absolute atomic E-state index is 10.3. The van der Waals surface area contributed by atoms with E-state index in [1.165, 1.54) is 141 Å². The quantitative estimate of drug-likeness (QED) is 0.0977. The number of H-pyrrole nitrogens is 7. The second-order valence-corrected chi connectivity index (χ2v) is 13.9. The lowest BCUT2D eigenvalue weighted by atomic mass is 10.5. The predicted octanol–water partition coefficient (Wildman–Crippen LogP) is -0.805. The SMILES string of the molecule is O=c1cc[nH]c(=O)[nH]1.O=c1cccc[nH]1.O=c1cccco1.O=c1ccccs1.O=c1cccn[nH]1.O=c1ccnc[nH]1.O=c1ccnco1.O=c1ccocc1.O=c1cnnc[nH]1.O=c1nccco1.O=c1ncnc[nH]1.O=c1ncnco1. The normalized spacial score (nSPS) is 8.61. The Balaban J connectivity index is 0.000000464. The highest BCUT2D eigenvalue weighted by Crippen LogP contribution is 1.82. The molecule has 0 bridgehead atoms. The van der Waals surface area contributed by atoms with Crippen LogP contribution in [0.5, 0.6) is 0 Å². The van der Waals surface area contributed by atoms with E-state index in [1.807, 2.05) is 11.1 Å². The molecule has 12 aromatic rings. The number of rotatable bonds is 0. The van der Waals surface area contributed by atoms with Crippen molar-refractivity contribution in [1.29, 1.82) is 0 Å². The number of hydrogen-bond acceptors (Lipinski definition) is 29. The van der Waals surface area contributed by atoms with E-state index in [0.29, 0.717) is 0 Å². The third kappa shape index (κ3) is 46.6. The lowest BCUT2D eigenvalue weighted by molar-refractivity contribution is 0.461. The van der Waals surface area contributed by atoms with E-state index >= 15 is 0 Å². The molecular weight excluding hydrogens is 1150 g/mol. The lowest BCUT2D eigenvalue weighted by Crippen LogP contribution is -2.19. The number of nitrogens with one attached hydrogen (secondary N) is 7. The summed E-state index contributed by atoms with van der Waals surface area (Å²) in [5.41, 5.74) is -2.47. The number of nitrogens with zero attached hydrogens (tertiary/aromatic N) is 10. The Kier molecular flexibility index (Phi) is 39.5. The van der Waals surface area contributed by atoms with Crippen LogP contribution in [0.4, 0.5) is 0 Å². The van der Waals surface area contributed by atoms with Crippen molar-refractivity contribution < 1.29 is 22.1 Å². The minimum atomic E-state index is -0.616. The van der Waals surface area contributed by atoms with Gasteiger partial charge in [0.25, 0.3) is 22.2 Å². The average Bonchev–Trinajstić information content (AvgIpc) is 3.52. The predicted molar refractivity (Wildman–Crippen MR) is 296 cm³/mol. The summed E-state index contributed by atoms with van der Waals surface area (Å²) < 4.78 is 21.7. The van der Waals surface area contributed by atoms with Crippen molar-refractivity contribution in [3.8, 4) is 0 Å². The molecule has 36 heteroatoms. The van der Waals surface area contributed by atoms with Gasteiger partial charge in [0, 0.05) is 85.7 Å². The topological polar surface area (TPSA) is 527 Å².